The number of methoxy groups -OCH3 is 1. The van der Waals surface area contributed by atoms with Crippen molar-refractivity contribution in [2.24, 2.45) is 0 Å². The summed E-state index contributed by atoms with van der Waals surface area (Å²) < 4.78 is 10.3. The van der Waals surface area contributed by atoms with Crippen LogP contribution >= 0.6 is 0 Å². The zero-order valence-corrected chi connectivity index (χ0v) is 14.3. The van der Waals surface area contributed by atoms with E-state index in [4.69, 9.17) is 9.47 Å². The molecule has 0 heterocycles. The lowest BCUT2D eigenvalue weighted by atomic mass is 10.1. The van der Waals surface area contributed by atoms with Crippen LogP contribution in [0.3, 0.4) is 0 Å². The molecule has 0 saturated carbocycles. The third-order valence-electron chi connectivity index (χ3n) is 3.62. The quantitative estimate of drug-likeness (QED) is 0.854. The number of benzene rings is 2. The molecule has 1 amide bonds. The van der Waals surface area contributed by atoms with E-state index < -0.39 is 12.1 Å². The van der Waals surface area contributed by atoms with Crippen LogP contribution in [-0.2, 0) is 9.53 Å². The van der Waals surface area contributed by atoms with Crippen molar-refractivity contribution < 1.29 is 19.1 Å². The maximum Gasteiger partial charge on any atom is 0.337 e. The van der Waals surface area contributed by atoms with Gasteiger partial charge < -0.3 is 14.8 Å². The van der Waals surface area contributed by atoms with Crippen LogP contribution in [0.4, 0.5) is 5.69 Å². The van der Waals surface area contributed by atoms with Gasteiger partial charge >= 0.3 is 5.97 Å². The second kappa shape index (κ2) is 7.64. The average Bonchev–Trinajstić information content (AvgIpc) is 2.58. The number of hydrogen-bond acceptors (Lipinski definition) is 4. The number of carbonyl (C=O) groups excluding carboxylic acids is 2. The normalized spacial score (nSPS) is 11.5. The Bertz CT molecular complexity index is 738. The van der Waals surface area contributed by atoms with Gasteiger partial charge in [0.05, 0.1) is 12.7 Å². The molecule has 126 valence electrons. The predicted molar refractivity (Wildman–Crippen MR) is 92.4 cm³/mol. The second-order valence-electron chi connectivity index (χ2n) is 5.58. The fourth-order valence-electron chi connectivity index (χ4n) is 2.11. The third kappa shape index (κ3) is 4.35. The van der Waals surface area contributed by atoms with Crippen molar-refractivity contribution in [1.82, 2.24) is 0 Å². The van der Waals surface area contributed by atoms with E-state index in [0.29, 0.717) is 17.0 Å². The number of ether oxygens (including phenoxy) is 2. The molecule has 0 aromatic heterocycles. The largest absolute Gasteiger partial charge is 0.481 e. The van der Waals surface area contributed by atoms with Gasteiger partial charge in [0.2, 0.25) is 0 Å². The Kier molecular flexibility index (Phi) is 5.58. The van der Waals surface area contributed by atoms with E-state index in [0.717, 1.165) is 11.1 Å². The van der Waals surface area contributed by atoms with Crippen molar-refractivity contribution in [3.63, 3.8) is 0 Å². The number of aryl methyl sites for hydroxylation is 2. The number of amides is 1. The Labute approximate surface area is 141 Å². The molecule has 1 N–H and O–H groups in total. The van der Waals surface area contributed by atoms with Crippen LogP contribution in [0.25, 0.3) is 0 Å². The maximum atomic E-state index is 12.3. The van der Waals surface area contributed by atoms with Crippen molar-refractivity contribution in [2.45, 2.75) is 26.9 Å². The Balaban J connectivity index is 2.08. The van der Waals surface area contributed by atoms with Crippen LogP contribution < -0.4 is 10.1 Å². The highest BCUT2D eigenvalue weighted by molar-refractivity contribution is 5.97. The first-order valence-corrected chi connectivity index (χ1v) is 7.64. The molecule has 0 radical (unpaired) electrons. The summed E-state index contributed by atoms with van der Waals surface area (Å²) in [6.07, 6.45) is -0.672. The van der Waals surface area contributed by atoms with E-state index in [9.17, 15) is 9.59 Å². The first-order chi connectivity index (χ1) is 11.4. The molecule has 5 nitrogen and oxygen atoms in total. The fourth-order valence-corrected chi connectivity index (χ4v) is 2.11. The maximum absolute atomic E-state index is 12.3. The highest BCUT2D eigenvalue weighted by Gasteiger charge is 2.17. The van der Waals surface area contributed by atoms with Gasteiger partial charge in [-0.05, 0) is 50.6 Å². The van der Waals surface area contributed by atoms with Crippen LogP contribution in [0.15, 0.2) is 42.5 Å². The number of rotatable bonds is 5. The third-order valence-corrected chi connectivity index (χ3v) is 3.62. The summed E-state index contributed by atoms with van der Waals surface area (Å²) in [6, 6.07) is 12.5. The lowest BCUT2D eigenvalue weighted by molar-refractivity contribution is -0.122. The fraction of sp³-hybridized carbons (Fsp3) is 0.263. The van der Waals surface area contributed by atoms with Gasteiger partial charge in [0, 0.05) is 5.69 Å². The van der Waals surface area contributed by atoms with E-state index >= 15 is 0 Å². The number of esters is 1. The molecule has 0 aliphatic heterocycles. The van der Waals surface area contributed by atoms with Gasteiger partial charge in [-0.3, -0.25) is 4.79 Å². The van der Waals surface area contributed by atoms with Crippen LogP contribution in [0, 0.1) is 13.8 Å². The van der Waals surface area contributed by atoms with E-state index in [1.807, 2.05) is 38.1 Å². The number of hydrogen-bond donors (Lipinski definition) is 1. The van der Waals surface area contributed by atoms with Gasteiger partial charge in [-0.2, -0.15) is 0 Å². The summed E-state index contributed by atoms with van der Waals surface area (Å²) in [5, 5.41) is 2.79. The zero-order valence-electron chi connectivity index (χ0n) is 14.3. The summed E-state index contributed by atoms with van der Waals surface area (Å²) in [5.74, 6) is -0.113. The van der Waals surface area contributed by atoms with Gasteiger partial charge in [-0.15, -0.1) is 0 Å². The van der Waals surface area contributed by atoms with E-state index in [2.05, 4.69) is 5.32 Å². The molecule has 2 aromatic carbocycles. The standard InChI is InChI=1S/C19H21NO4/c1-12-5-9-16(10-6-12)24-14(3)18(21)20-17-11-15(19(22)23-4)8-7-13(17)2/h5-11,14H,1-4H3,(H,20,21). The smallest absolute Gasteiger partial charge is 0.337 e. The molecule has 2 rings (SSSR count). The molecular weight excluding hydrogens is 306 g/mol. The second-order valence-corrected chi connectivity index (χ2v) is 5.58. The Morgan fingerprint density at radius 2 is 1.71 bits per heavy atom. The highest BCUT2D eigenvalue weighted by Crippen LogP contribution is 2.19. The molecule has 0 aliphatic rings. The summed E-state index contributed by atoms with van der Waals surface area (Å²) >= 11 is 0. The van der Waals surface area contributed by atoms with E-state index in [-0.39, 0.29) is 5.91 Å². The molecule has 24 heavy (non-hydrogen) atoms. The zero-order chi connectivity index (χ0) is 17.7. The summed E-state index contributed by atoms with van der Waals surface area (Å²) in [7, 11) is 1.32. The summed E-state index contributed by atoms with van der Waals surface area (Å²) in [6.45, 7) is 5.51. The molecule has 5 heteroatoms. The minimum atomic E-state index is -0.672. The van der Waals surface area contributed by atoms with Crippen molar-refractivity contribution in [1.29, 1.82) is 0 Å². The van der Waals surface area contributed by atoms with Crippen molar-refractivity contribution in [3.05, 3.63) is 59.2 Å². The molecular formula is C19H21NO4. The number of nitrogens with one attached hydrogen (secondary N) is 1. The Morgan fingerprint density at radius 3 is 2.33 bits per heavy atom. The van der Waals surface area contributed by atoms with Gasteiger partial charge in [-0.1, -0.05) is 23.8 Å². The average molecular weight is 327 g/mol. The minimum Gasteiger partial charge on any atom is -0.481 e. The Hall–Kier alpha value is -2.82. The van der Waals surface area contributed by atoms with Crippen LogP contribution in [0.2, 0.25) is 0 Å². The van der Waals surface area contributed by atoms with Crippen molar-refractivity contribution in [2.75, 3.05) is 12.4 Å². The first-order valence-electron chi connectivity index (χ1n) is 7.64. The predicted octanol–water partition coefficient (Wildman–Crippen LogP) is 3.50. The van der Waals surface area contributed by atoms with Gasteiger partial charge in [-0.25, -0.2) is 4.79 Å². The Morgan fingerprint density at radius 1 is 1.04 bits per heavy atom. The van der Waals surface area contributed by atoms with Crippen LogP contribution in [0.1, 0.15) is 28.4 Å². The molecule has 1 unspecified atom stereocenters. The van der Waals surface area contributed by atoms with E-state index in [1.165, 1.54) is 7.11 Å². The summed E-state index contributed by atoms with van der Waals surface area (Å²) in [5.41, 5.74) is 2.90. The van der Waals surface area contributed by atoms with Crippen LogP contribution in [0.5, 0.6) is 5.75 Å². The van der Waals surface area contributed by atoms with Gasteiger partial charge in [0.15, 0.2) is 6.10 Å². The van der Waals surface area contributed by atoms with Gasteiger partial charge in [0.1, 0.15) is 5.75 Å². The SMILES string of the molecule is COC(=O)c1ccc(C)c(NC(=O)C(C)Oc2ccc(C)cc2)c1. The molecule has 0 saturated heterocycles. The van der Waals surface area contributed by atoms with Crippen molar-refractivity contribution >= 4 is 17.6 Å². The minimum absolute atomic E-state index is 0.291. The highest BCUT2D eigenvalue weighted by atomic mass is 16.5. The molecule has 0 bridgehead atoms. The van der Waals surface area contributed by atoms with Crippen LogP contribution in [-0.4, -0.2) is 25.1 Å². The number of carbonyl (C=O) groups is 2. The topological polar surface area (TPSA) is 64.6 Å². The van der Waals surface area contributed by atoms with E-state index in [1.54, 1.807) is 25.1 Å². The molecule has 0 aliphatic carbocycles. The molecule has 2 aromatic rings. The first kappa shape index (κ1) is 17.5. The molecule has 0 fully saturated rings. The lowest BCUT2D eigenvalue weighted by Gasteiger charge is -2.16. The monoisotopic (exact) mass is 327 g/mol. The molecule has 0 spiro atoms. The van der Waals surface area contributed by atoms with Crippen molar-refractivity contribution in [3.8, 4) is 5.75 Å². The summed E-state index contributed by atoms with van der Waals surface area (Å²) in [4.78, 5) is 23.9. The lowest BCUT2D eigenvalue weighted by Crippen LogP contribution is -2.30. The molecule has 1 atom stereocenters. The van der Waals surface area contributed by atoms with Gasteiger partial charge in [0.25, 0.3) is 5.91 Å². The number of anilines is 1.